The first-order valence-corrected chi connectivity index (χ1v) is 16.6. The Morgan fingerprint density at radius 1 is 1.12 bits per heavy atom. The monoisotopic (exact) mass is 604 g/mol. The lowest BCUT2D eigenvalue weighted by molar-refractivity contribution is -0.00919. The van der Waals surface area contributed by atoms with E-state index < -0.39 is 27.0 Å². The van der Waals surface area contributed by atoms with Crippen LogP contribution in [-0.2, 0) is 43.7 Å². The Morgan fingerprint density at radius 2 is 1.86 bits per heavy atom. The van der Waals surface area contributed by atoms with Crippen LogP contribution in [0.2, 0.25) is 0 Å². The average molecular weight is 605 g/mol. The molecule has 0 bridgehead atoms. The number of benzene rings is 1. The number of fused-ring (bicyclic) bond motifs is 3. The minimum Gasteiger partial charge on any atom is -0.382 e. The molecule has 2 aromatic rings. The van der Waals surface area contributed by atoms with Gasteiger partial charge in [0, 0.05) is 36.9 Å². The number of ether oxygens (including phenoxy) is 3. The SMILES string of the molecule is CC1(C)Cc2c(c3c(n2-c2cc(F)c(C(N)=O)c(N[C@H]4CC[C@H](OCCN5CCOCC5)CC4)c2)COC3)S(=O)(=O)C1. The molecule has 0 radical (unpaired) electrons. The van der Waals surface area contributed by atoms with Gasteiger partial charge in [-0.2, -0.15) is 0 Å². The molecule has 1 saturated carbocycles. The second-order valence-electron chi connectivity index (χ2n) is 12.8. The van der Waals surface area contributed by atoms with Gasteiger partial charge in [-0.3, -0.25) is 9.69 Å². The Kier molecular flexibility index (Phi) is 8.12. The van der Waals surface area contributed by atoms with E-state index in [0.717, 1.165) is 58.5 Å². The highest BCUT2D eigenvalue weighted by molar-refractivity contribution is 7.91. The van der Waals surface area contributed by atoms with Gasteiger partial charge in [-0.25, -0.2) is 12.8 Å². The highest BCUT2D eigenvalue weighted by atomic mass is 32.2. The summed E-state index contributed by atoms with van der Waals surface area (Å²) in [5, 5.41) is 3.40. The molecule has 6 rings (SSSR count). The number of morpholine rings is 1. The summed E-state index contributed by atoms with van der Waals surface area (Å²) in [6.45, 7) is 9.29. The Balaban J connectivity index is 1.23. The van der Waals surface area contributed by atoms with Crippen molar-refractivity contribution in [1.29, 1.82) is 0 Å². The molecule has 4 heterocycles. The number of nitrogens with two attached hydrogens (primary N) is 1. The number of anilines is 1. The maximum absolute atomic E-state index is 15.6. The van der Waals surface area contributed by atoms with E-state index in [-0.39, 0.29) is 36.7 Å². The smallest absolute Gasteiger partial charge is 0.253 e. The number of rotatable bonds is 8. The molecular formula is C30H41FN4O6S. The fraction of sp³-hybridized carbons (Fsp3) is 0.633. The molecular weight excluding hydrogens is 563 g/mol. The van der Waals surface area contributed by atoms with Gasteiger partial charge in [0.15, 0.2) is 9.84 Å². The summed E-state index contributed by atoms with van der Waals surface area (Å²) in [5.74, 6) is -1.55. The maximum atomic E-state index is 15.6. The zero-order valence-corrected chi connectivity index (χ0v) is 25.2. The molecule has 42 heavy (non-hydrogen) atoms. The summed E-state index contributed by atoms with van der Waals surface area (Å²) in [7, 11) is -3.55. The molecule has 12 heteroatoms. The number of carbonyl (C=O) groups excluding carboxylic acids is 1. The number of carbonyl (C=O) groups is 1. The number of amides is 1. The maximum Gasteiger partial charge on any atom is 0.253 e. The highest BCUT2D eigenvalue weighted by Gasteiger charge is 2.43. The number of sulfone groups is 1. The van der Waals surface area contributed by atoms with E-state index in [4.69, 9.17) is 19.9 Å². The van der Waals surface area contributed by atoms with Crippen molar-refractivity contribution in [3.8, 4) is 5.69 Å². The second-order valence-corrected chi connectivity index (χ2v) is 14.7. The van der Waals surface area contributed by atoms with Crippen LogP contribution in [0.15, 0.2) is 17.0 Å². The van der Waals surface area contributed by atoms with E-state index in [1.807, 2.05) is 18.4 Å². The van der Waals surface area contributed by atoms with Crippen LogP contribution >= 0.6 is 0 Å². The molecule has 10 nitrogen and oxygen atoms in total. The molecule has 1 saturated heterocycles. The summed E-state index contributed by atoms with van der Waals surface area (Å²) in [6.07, 6.45) is 4.02. The lowest BCUT2D eigenvalue weighted by atomic mass is 9.89. The van der Waals surface area contributed by atoms with Crippen LogP contribution in [0.25, 0.3) is 5.69 Å². The summed E-state index contributed by atoms with van der Waals surface area (Å²) in [5.41, 5.74) is 7.76. The minimum atomic E-state index is -3.55. The van der Waals surface area contributed by atoms with Crippen molar-refractivity contribution in [1.82, 2.24) is 9.47 Å². The zero-order valence-electron chi connectivity index (χ0n) is 24.4. The fourth-order valence-corrected chi connectivity index (χ4v) is 9.39. The number of hydrogen-bond donors (Lipinski definition) is 2. The van der Waals surface area contributed by atoms with Crippen molar-refractivity contribution in [2.24, 2.45) is 11.1 Å². The van der Waals surface area contributed by atoms with E-state index in [1.54, 1.807) is 6.07 Å². The Morgan fingerprint density at radius 3 is 2.57 bits per heavy atom. The molecule has 3 N–H and O–H groups in total. The Labute approximate surface area is 246 Å². The van der Waals surface area contributed by atoms with Gasteiger partial charge in [-0.15, -0.1) is 0 Å². The van der Waals surface area contributed by atoms with Crippen molar-refractivity contribution in [2.45, 2.75) is 76.2 Å². The van der Waals surface area contributed by atoms with Crippen molar-refractivity contribution in [3.05, 3.63) is 40.5 Å². The van der Waals surface area contributed by atoms with Gasteiger partial charge in [0.25, 0.3) is 5.91 Å². The topological polar surface area (TPSA) is 125 Å². The quantitative estimate of drug-likeness (QED) is 0.471. The van der Waals surface area contributed by atoms with E-state index in [2.05, 4.69) is 10.2 Å². The average Bonchev–Trinajstić information content (AvgIpc) is 3.49. The number of primary amides is 1. The standard InChI is InChI=1S/C30H41FN4O6S/c1-30(2)15-25-28(42(37,38)18-30)22-16-40-17-26(22)35(25)20-13-23(31)27(29(32)36)24(14-20)33-19-3-5-21(6-4-19)41-12-9-34-7-10-39-11-8-34/h13-14,19,21,33H,3-12,15-18H2,1-2H3,(H2,32,36)/t19-,21-. The number of nitrogens with one attached hydrogen (secondary N) is 1. The first kappa shape index (κ1) is 29.6. The first-order valence-electron chi connectivity index (χ1n) is 14.9. The summed E-state index contributed by atoms with van der Waals surface area (Å²) in [6, 6.07) is 3.02. The highest BCUT2D eigenvalue weighted by Crippen LogP contribution is 2.44. The summed E-state index contributed by atoms with van der Waals surface area (Å²) >= 11 is 0. The molecule has 1 aromatic carbocycles. The predicted molar refractivity (Wildman–Crippen MR) is 155 cm³/mol. The first-order chi connectivity index (χ1) is 20.0. The molecule has 0 unspecified atom stereocenters. The van der Waals surface area contributed by atoms with Gasteiger partial charge in [0.2, 0.25) is 0 Å². The number of hydrogen-bond acceptors (Lipinski definition) is 8. The van der Waals surface area contributed by atoms with Crippen molar-refractivity contribution in [3.63, 3.8) is 0 Å². The van der Waals surface area contributed by atoms with Crippen LogP contribution in [0.5, 0.6) is 0 Å². The van der Waals surface area contributed by atoms with Crippen LogP contribution in [-0.4, -0.2) is 81.1 Å². The Bertz CT molecular complexity index is 1460. The van der Waals surface area contributed by atoms with Gasteiger partial charge >= 0.3 is 0 Å². The molecule has 2 fully saturated rings. The van der Waals surface area contributed by atoms with Crippen LogP contribution in [0.3, 0.4) is 0 Å². The van der Waals surface area contributed by atoms with E-state index in [9.17, 15) is 13.2 Å². The van der Waals surface area contributed by atoms with Gasteiger partial charge in [-0.1, -0.05) is 13.8 Å². The zero-order chi connectivity index (χ0) is 29.6. The lowest BCUT2D eigenvalue weighted by Gasteiger charge is -2.32. The minimum absolute atomic E-state index is 0.0174. The number of nitrogens with zero attached hydrogens (tertiary/aromatic N) is 2. The predicted octanol–water partition coefficient (Wildman–Crippen LogP) is 3.17. The molecule has 4 aliphatic rings. The third-order valence-electron chi connectivity index (χ3n) is 8.93. The van der Waals surface area contributed by atoms with Gasteiger partial charge in [0.1, 0.15) is 5.82 Å². The van der Waals surface area contributed by atoms with Gasteiger partial charge < -0.3 is 29.8 Å². The van der Waals surface area contributed by atoms with Crippen molar-refractivity contribution in [2.75, 3.05) is 50.5 Å². The largest absolute Gasteiger partial charge is 0.382 e. The second kappa shape index (κ2) is 11.5. The van der Waals surface area contributed by atoms with Gasteiger partial charge in [0.05, 0.1) is 72.4 Å². The Hall–Kier alpha value is -2.51. The normalized spacial score (nSPS) is 25.1. The van der Waals surface area contributed by atoms with Crippen LogP contribution in [0, 0.1) is 11.2 Å². The number of halogens is 1. The van der Waals surface area contributed by atoms with E-state index in [0.29, 0.717) is 46.2 Å². The molecule has 1 amide bonds. The molecule has 230 valence electrons. The third-order valence-corrected chi connectivity index (χ3v) is 11.2. The number of aromatic nitrogens is 1. The molecule has 1 aliphatic carbocycles. The molecule has 0 atom stereocenters. The van der Waals surface area contributed by atoms with Gasteiger partial charge in [-0.05, 0) is 49.7 Å². The van der Waals surface area contributed by atoms with Crippen LogP contribution < -0.4 is 11.1 Å². The van der Waals surface area contributed by atoms with Crippen LogP contribution in [0.4, 0.5) is 10.1 Å². The van der Waals surface area contributed by atoms with Crippen molar-refractivity contribution < 1.29 is 31.8 Å². The van der Waals surface area contributed by atoms with E-state index in [1.165, 1.54) is 6.07 Å². The third kappa shape index (κ3) is 5.84. The molecule has 0 spiro atoms. The van der Waals surface area contributed by atoms with E-state index >= 15 is 4.39 Å². The fourth-order valence-electron chi connectivity index (χ4n) is 7.04. The molecule has 3 aliphatic heterocycles. The van der Waals surface area contributed by atoms with Crippen LogP contribution in [0.1, 0.15) is 66.8 Å². The summed E-state index contributed by atoms with van der Waals surface area (Å²) in [4.78, 5) is 15.0. The summed E-state index contributed by atoms with van der Waals surface area (Å²) < 4.78 is 61.4. The van der Waals surface area contributed by atoms with Crippen molar-refractivity contribution >= 4 is 21.4 Å². The molecule has 1 aromatic heterocycles. The lowest BCUT2D eigenvalue weighted by Crippen LogP contribution is -2.39.